The Morgan fingerprint density at radius 2 is 2.12 bits per heavy atom. The molecule has 0 amide bonds. The number of piperidine rings is 1. The molecule has 1 fully saturated rings. The molecule has 0 bridgehead atoms. The highest BCUT2D eigenvalue weighted by Gasteiger charge is 2.20. The van der Waals surface area contributed by atoms with Crippen LogP contribution >= 0.6 is 15.9 Å². The van der Waals surface area contributed by atoms with E-state index < -0.39 is 0 Å². The number of hydrogen-bond donors (Lipinski definition) is 0. The van der Waals surface area contributed by atoms with Crippen LogP contribution in [0.3, 0.4) is 0 Å². The van der Waals surface area contributed by atoms with Crippen LogP contribution in [0.25, 0.3) is 0 Å². The number of methoxy groups -OCH3 is 1. The molecule has 1 unspecified atom stereocenters. The number of rotatable bonds is 9. The van der Waals surface area contributed by atoms with Gasteiger partial charge in [0.1, 0.15) is 0 Å². The van der Waals surface area contributed by atoms with Crippen LogP contribution in [0.2, 0.25) is 0 Å². The molecule has 0 saturated carbocycles. The average Bonchev–Trinajstić information content (AvgIpc) is 2.36. The maximum absolute atomic E-state index is 5.63. The Morgan fingerprint density at radius 1 is 1.24 bits per heavy atom. The lowest BCUT2D eigenvalue weighted by Gasteiger charge is -2.35. The Bertz CT molecular complexity index is 179. The molecule has 0 aromatic heterocycles. The molecule has 0 N–H and O–H groups in total. The largest absolute Gasteiger partial charge is 0.385 e. The maximum atomic E-state index is 5.63. The van der Waals surface area contributed by atoms with Gasteiger partial charge in [0, 0.05) is 38.2 Å². The van der Waals surface area contributed by atoms with Gasteiger partial charge in [0.15, 0.2) is 0 Å². The summed E-state index contributed by atoms with van der Waals surface area (Å²) >= 11 is 3.55. The molecule has 1 atom stereocenters. The minimum atomic E-state index is 0.769. The van der Waals surface area contributed by atoms with Gasteiger partial charge in [-0.2, -0.15) is 0 Å². The molecule has 1 saturated heterocycles. The van der Waals surface area contributed by atoms with E-state index in [0.29, 0.717) is 0 Å². The van der Waals surface area contributed by atoms with Crippen LogP contribution < -0.4 is 0 Å². The second-order valence-corrected chi connectivity index (χ2v) is 5.41. The van der Waals surface area contributed by atoms with Crippen LogP contribution in [0.4, 0.5) is 0 Å². The molecule has 102 valence electrons. The zero-order valence-electron chi connectivity index (χ0n) is 11.0. The van der Waals surface area contributed by atoms with E-state index in [2.05, 4.69) is 20.8 Å². The highest BCUT2D eigenvalue weighted by Crippen LogP contribution is 2.19. The molecule has 0 aliphatic carbocycles. The molecule has 0 aromatic rings. The number of ether oxygens (including phenoxy) is 2. The lowest BCUT2D eigenvalue weighted by Crippen LogP contribution is -2.41. The average molecular weight is 308 g/mol. The van der Waals surface area contributed by atoms with E-state index in [1.54, 1.807) is 7.11 Å². The minimum Gasteiger partial charge on any atom is -0.385 e. The van der Waals surface area contributed by atoms with Gasteiger partial charge in [-0.05, 0) is 32.2 Å². The van der Waals surface area contributed by atoms with E-state index in [-0.39, 0.29) is 0 Å². The second-order valence-electron chi connectivity index (χ2n) is 4.62. The van der Waals surface area contributed by atoms with Gasteiger partial charge in [-0.25, -0.2) is 0 Å². The molecule has 3 nitrogen and oxygen atoms in total. The highest BCUT2D eigenvalue weighted by atomic mass is 79.9. The molecule has 1 aliphatic rings. The van der Waals surface area contributed by atoms with Gasteiger partial charge in [-0.3, -0.25) is 4.90 Å². The third-order valence-electron chi connectivity index (χ3n) is 3.35. The van der Waals surface area contributed by atoms with E-state index in [1.165, 1.54) is 32.2 Å². The molecule has 0 spiro atoms. The first-order valence-corrected chi connectivity index (χ1v) is 7.87. The van der Waals surface area contributed by atoms with Crippen molar-refractivity contribution in [1.29, 1.82) is 0 Å². The van der Waals surface area contributed by atoms with Crippen LogP contribution in [-0.2, 0) is 9.47 Å². The maximum Gasteiger partial charge on any atom is 0.0593 e. The molecule has 4 heteroatoms. The SMILES string of the molecule is COCCCOCCN1CCCCC1CCBr. The molecule has 17 heavy (non-hydrogen) atoms. The van der Waals surface area contributed by atoms with Crippen molar-refractivity contribution in [2.45, 2.75) is 38.1 Å². The number of alkyl halides is 1. The second kappa shape index (κ2) is 10.3. The van der Waals surface area contributed by atoms with Crippen molar-refractivity contribution in [1.82, 2.24) is 4.90 Å². The van der Waals surface area contributed by atoms with Crippen molar-refractivity contribution in [2.75, 3.05) is 45.4 Å². The van der Waals surface area contributed by atoms with Crippen molar-refractivity contribution in [3.05, 3.63) is 0 Å². The number of halogens is 1. The summed E-state index contributed by atoms with van der Waals surface area (Å²) in [5.74, 6) is 0. The first-order valence-electron chi connectivity index (χ1n) is 6.75. The van der Waals surface area contributed by atoms with E-state index in [0.717, 1.165) is 44.2 Å². The Labute approximate surface area is 114 Å². The van der Waals surface area contributed by atoms with Crippen molar-refractivity contribution in [3.63, 3.8) is 0 Å². The van der Waals surface area contributed by atoms with Crippen LogP contribution in [0, 0.1) is 0 Å². The molecule has 1 aliphatic heterocycles. The number of nitrogens with zero attached hydrogens (tertiary/aromatic N) is 1. The smallest absolute Gasteiger partial charge is 0.0593 e. The summed E-state index contributed by atoms with van der Waals surface area (Å²) < 4.78 is 10.6. The van der Waals surface area contributed by atoms with Gasteiger partial charge < -0.3 is 9.47 Å². The fourth-order valence-corrected chi connectivity index (χ4v) is 2.92. The minimum absolute atomic E-state index is 0.769. The Morgan fingerprint density at radius 3 is 2.88 bits per heavy atom. The topological polar surface area (TPSA) is 21.7 Å². The van der Waals surface area contributed by atoms with E-state index in [4.69, 9.17) is 9.47 Å². The predicted molar refractivity (Wildman–Crippen MR) is 74.9 cm³/mol. The van der Waals surface area contributed by atoms with Crippen LogP contribution in [0.15, 0.2) is 0 Å². The Hall–Kier alpha value is 0.360. The standard InChI is InChI=1S/C13H26BrNO2/c1-16-10-4-11-17-12-9-15-8-3-2-5-13(15)6-7-14/h13H,2-12H2,1H3. The molecular weight excluding hydrogens is 282 g/mol. The Kier molecular flexibility index (Phi) is 9.34. The van der Waals surface area contributed by atoms with E-state index in [9.17, 15) is 0 Å². The zero-order chi connectivity index (χ0) is 12.3. The van der Waals surface area contributed by atoms with Gasteiger partial charge in [0.25, 0.3) is 0 Å². The molecule has 0 aromatic carbocycles. The molecule has 0 radical (unpaired) electrons. The summed E-state index contributed by atoms with van der Waals surface area (Å²) in [6, 6.07) is 0.769. The van der Waals surface area contributed by atoms with Gasteiger partial charge >= 0.3 is 0 Å². The molecule has 1 rings (SSSR count). The van der Waals surface area contributed by atoms with Crippen LogP contribution in [0.5, 0.6) is 0 Å². The summed E-state index contributed by atoms with van der Waals surface area (Å²) in [4.78, 5) is 2.60. The normalized spacial score (nSPS) is 21.9. The summed E-state index contributed by atoms with van der Waals surface area (Å²) in [7, 11) is 1.73. The molecule has 1 heterocycles. The van der Waals surface area contributed by atoms with Gasteiger partial charge in [-0.1, -0.05) is 22.4 Å². The Balaban J connectivity index is 2.06. The van der Waals surface area contributed by atoms with Crippen molar-refractivity contribution >= 4 is 15.9 Å². The first-order chi connectivity index (χ1) is 8.38. The summed E-state index contributed by atoms with van der Waals surface area (Å²) in [5, 5.41) is 1.11. The van der Waals surface area contributed by atoms with Gasteiger partial charge in [-0.15, -0.1) is 0 Å². The first kappa shape index (κ1) is 15.4. The fraction of sp³-hybridized carbons (Fsp3) is 1.00. The van der Waals surface area contributed by atoms with E-state index in [1.807, 2.05) is 0 Å². The zero-order valence-corrected chi connectivity index (χ0v) is 12.6. The third-order valence-corrected chi connectivity index (χ3v) is 3.81. The van der Waals surface area contributed by atoms with Gasteiger partial charge in [0.05, 0.1) is 6.61 Å². The quantitative estimate of drug-likeness (QED) is 0.483. The summed E-state index contributed by atoms with van der Waals surface area (Å²) in [5.41, 5.74) is 0. The fourth-order valence-electron chi connectivity index (χ4n) is 2.40. The molecular formula is C13H26BrNO2. The van der Waals surface area contributed by atoms with Crippen molar-refractivity contribution in [2.24, 2.45) is 0 Å². The third kappa shape index (κ3) is 6.75. The van der Waals surface area contributed by atoms with Crippen molar-refractivity contribution in [3.8, 4) is 0 Å². The van der Waals surface area contributed by atoms with Crippen LogP contribution in [0.1, 0.15) is 32.1 Å². The number of likely N-dealkylation sites (tertiary alicyclic amines) is 1. The van der Waals surface area contributed by atoms with Crippen LogP contribution in [-0.4, -0.2) is 56.3 Å². The summed E-state index contributed by atoms with van der Waals surface area (Å²) in [6.45, 7) is 4.83. The summed E-state index contributed by atoms with van der Waals surface area (Å²) in [6.07, 6.45) is 6.37. The van der Waals surface area contributed by atoms with E-state index >= 15 is 0 Å². The lowest BCUT2D eigenvalue weighted by molar-refractivity contribution is 0.0605. The lowest BCUT2D eigenvalue weighted by atomic mass is 10.0. The monoisotopic (exact) mass is 307 g/mol. The number of hydrogen-bond acceptors (Lipinski definition) is 3. The highest BCUT2D eigenvalue weighted by molar-refractivity contribution is 9.09. The van der Waals surface area contributed by atoms with Gasteiger partial charge in [0.2, 0.25) is 0 Å². The van der Waals surface area contributed by atoms with Crippen molar-refractivity contribution < 1.29 is 9.47 Å². The predicted octanol–water partition coefficient (Wildman–Crippen LogP) is 2.68.